The zero-order chi connectivity index (χ0) is 24.3. The second kappa shape index (κ2) is 9.02. The highest BCUT2D eigenvalue weighted by Gasteiger charge is 2.49. The lowest BCUT2D eigenvalue weighted by molar-refractivity contribution is -0.384. The van der Waals surface area contributed by atoms with Gasteiger partial charge in [-0.1, -0.05) is 6.07 Å². The number of ether oxygens (including phenoxy) is 3. The predicted octanol–water partition coefficient (Wildman–Crippen LogP) is 2.03. The molecule has 1 unspecified atom stereocenters. The molecule has 174 valence electrons. The number of hydrogen-bond donors (Lipinski definition) is 2. The SMILES string of the molecule is COc1ccc(NC(=O)CN2C(=O)NC(C)(c3ccc(OC)c(OC)c3)C2=O)c([N+](=O)[O-])c1. The Labute approximate surface area is 188 Å². The van der Waals surface area contributed by atoms with Crippen LogP contribution in [0.25, 0.3) is 0 Å². The minimum atomic E-state index is -1.46. The molecule has 1 aliphatic heterocycles. The molecule has 2 N–H and O–H groups in total. The number of imide groups is 1. The summed E-state index contributed by atoms with van der Waals surface area (Å²) in [5.74, 6) is -0.415. The third-order valence-corrected chi connectivity index (χ3v) is 5.21. The molecule has 1 heterocycles. The van der Waals surface area contributed by atoms with Gasteiger partial charge in [0.1, 0.15) is 23.5 Å². The number of anilines is 1. The number of nitro benzene ring substituents is 1. The summed E-state index contributed by atoms with van der Waals surface area (Å²) < 4.78 is 15.4. The summed E-state index contributed by atoms with van der Waals surface area (Å²) in [7, 11) is 4.26. The van der Waals surface area contributed by atoms with E-state index in [9.17, 15) is 24.5 Å². The molecule has 33 heavy (non-hydrogen) atoms. The van der Waals surface area contributed by atoms with Crippen LogP contribution in [0.2, 0.25) is 0 Å². The fourth-order valence-corrected chi connectivity index (χ4v) is 3.41. The summed E-state index contributed by atoms with van der Waals surface area (Å²) in [5.41, 5.74) is -1.52. The topological polar surface area (TPSA) is 149 Å². The molecular formula is C21H22N4O8. The number of carbonyl (C=O) groups is 3. The lowest BCUT2D eigenvalue weighted by atomic mass is 9.91. The van der Waals surface area contributed by atoms with E-state index in [1.165, 1.54) is 40.4 Å². The van der Waals surface area contributed by atoms with Gasteiger partial charge in [-0.3, -0.25) is 24.6 Å². The molecule has 1 atom stereocenters. The van der Waals surface area contributed by atoms with Gasteiger partial charge in [-0.15, -0.1) is 0 Å². The Hall–Kier alpha value is -4.35. The molecule has 0 radical (unpaired) electrons. The summed E-state index contributed by atoms with van der Waals surface area (Å²) in [6.45, 7) is 0.859. The Bertz CT molecular complexity index is 1140. The highest BCUT2D eigenvalue weighted by atomic mass is 16.6. The number of methoxy groups -OCH3 is 3. The average molecular weight is 458 g/mol. The van der Waals surface area contributed by atoms with E-state index in [4.69, 9.17) is 14.2 Å². The maximum absolute atomic E-state index is 13.1. The molecule has 3 rings (SSSR count). The fourth-order valence-electron chi connectivity index (χ4n) is 3.41. The first-order valence-electron chi connectivity index (χ1n) is 9.63. The van der Waals surface area contributed by atoms with E-state index in [0.717, 1.165) is 11.0 Å². The minimum Gasteiger partial charge on any atom is -0.496 e. The first-order chi connectivity index (χ1) is 15.6. The molecule has 1 saturated heterocycles. The lowest BCUT2D eigenvalue weighted by Crippen LogP contribution is -2.42. The maximum atomic E-state index is 13.1. The van der Waals surface area contributed by atoms with Crippen LogP contribution in [-0.4, -0.2) is 55.5 Å². The monoisotopic (exact) mass is 458 g/mol. The molecule has 0 saturated carbocycles. The van der Waals surface area contributed by atoms with Crippen molar-refractivity contribution in [3.05, 3.63) is 52.1 Å². The van der Waals surface area contributed by atoms with E-state index in [1.807, 2.05) is 0 Å². The second-order valence-electron chi connectivity index (χ2n) is 7.20. The van der Waals surface area contributed by atoms with Crippen molar-refractivity contribution in [1.82, 2.24) is 10.2 Å². The van der Waals surface area contributed by atoms with Gasteiger partial charge in [0.25, 0.3) is 11.6 Å². The zero-order valence-corrected chi connectivity index (χ0v) is 18.3. The van der Waals surface area contributed by atoms with Gasteiger partial charge in [-0.25, -0.2) is 4.79 Å². The molecule has 12 nitrogen and oxygen atoms in total. The van der Waals surface area contributed by atoms with E-state index in [0.29, 0.717) is 17.1 Å². The number of benzene rings is 2. The first-order valence-corrected chi connectivity index (χ1v) is 9.63. The normalized spacial score (nSPS) is 17.4. The number of hydrogen-bond acceptors (Lipinski definition) is 8. The van der Waals surface area contributed by atoms with Crippen LogP contribution in [0.15, 0.2) is 36.4 Å². The van der Waals surface area contributed by atoms with Crippen molar-refractivity contribution in [2.75, 3.05) is 33.2 Å². The van der Waals surface area contributed by atoms with Crippen molar-refractivity contribution >= 4 is 29.2 Å². The Morgan fingerprint density at radius 1 is 1.09 bits per heavy atom. The highest BCUT2D eigenvalue weighted by Crippen LogP contribution is 2.35. The van der Waals surface area contributed by atoms with Crippen LogP contribution in [0.5, 0.6) is 17.2 Å². The van der Waals surface area contributed by atoms with E-state index in [1.54, 1.807) is 18.2 Å². The van der Waals surface area contributed by atoms with Crippen molar-refractivity contribution in [3.63, 3.8) is 0 Å². The van der Waals surface area contributed by atoms with Gasteiger partial charge < -0.3 is 24.8 Å². The summed E-state index contributed by atoms with van der Waals surface area (Å²) >= 11 is 0. The summed E-state index contributed by atoms with van der Waals surface area (Å²) in [6.07, 6.45) is 0. The van der Waals surface area contributed by atoms with Crippen LogP contribution in [-0.2, 0) is 15.1 Å². The van der Waals surface area contributed by atoms with Gasteiger partial charge in [0, 0.05) is 0 Å². The highest BCUT2D eigenvalue weighted by molar-refractivity contribution is 6.10. The minimum absolute atomic E-state index is 0.0968. The molecule has 0 spiro atoms. The molecule has 0 bridgehead atoms. The van der Waals surface area contributed by atoms with Gasteiger partial charge in [-0.05, 0) is 36.8 Å². The smallest absolute Gasteiger partial charge is 0.325 e. The molecule has 12 heteroatoms. The maximum Gasteiger partial charge on any atom is 0.325 e. The quantitative estimate of drug-likeness (QED) is 0.347. The van der Waals surface area contributed by atoms with E-state index in [2.05, 4.69) is 10.6 Å². The van der Waals surface area contributed by atoms with E-state index >= 15 is 0 Å². The fraction of sp³-hybridized carbons (Fsp3) is 0.286. The van der Waals surface area contributed by atoms with Crippen molar-refractivity contribution in [3.8, 4) is 17.2 Å². The van der Waals surface area contributed by atoms with Crippen molar-refractivity contribution in [2.24, 2.45) is 0 Å². The molecule has 2 aromatic rings. The van der Waals surface area contributed by atoms with Crippen molar-refractivity contribution in [1.29, 1.82) is 0 Å². The molecule has 1 fully saturated rings. The zero-order valence-electron chi connectivity index (χ0n) is 18.3. The largest absolute Gasteiger partial charge is 0.496 e. The lowest BCUT2D eigenvalue weighted by Gasteiger charge is -2.23. The second-order valence-corrected chi connectivity index (χ2v) is 7.20. The third-order valence-electron chi connectivity index (χ3n) is 5.21. The summed E-state index contributed by atoms with van der Waals surface area (Å²) in [4.78, 5) is 49.5. The average Bonchev–Trinajstić information content (AvgIpc) is 3.02. The first kappa shape index (κ1) is 23.3. The number of carbonyl (C=O) groups excluding carboxylic acids is 3. The van der Waals surface area contributed by atoms with Gasteiger partial charge in [-0.2, -0.15) is 0 Å². The number of amides is 4. The molecule has 0 aliphatic carbocycles. The Morgan fingerprint density at radius 2 is 1.79 bits per heavy atom. The predicted molar refractivity (Wildman–Crippen MR) is 115 cm³/mol. The number of urea groups is 1. The summed E-state index contributed by atoms with van der Waals surface area (Å²) in [5, 5.41) is 16.3. The van der Waals surface area contributed by atoms with Gasteiger partial charge >= 0.3 is 6.03 Å². The number of nitro groups is 1. The van der Waals surface area contributed by atoms with E-state index < -0.39 is 40.5 Å². The van der Waals surface area contributed by atoms with Crippen LogP contribution in [0, 0.1) is 10.1 Å². The molecule has 2 aromatic carbocycles. The van der Waals surface area contributed by atoms with Crippen LogP contribution in [0.1, 0.15) is 12.5 Å². The number of rotatable bonds is 8. The number of nitrogens with one attached hydrogen (secondary N) is 2. The third kappa shape index (κ3) is 4.35. The van der Waals surface area contributed by atoms with Crippen LogP contribution in [0.3, 0.4) is 0 Å². The Morgan fingerprint density at radius 3 is 2.39 bits per heavy atom. The van der Waals surface area contributed by atoms with E-state index in [-0.39, 0.29) is 11.4 Å². The van der Waals surface area contributed by atoms with Gasteiger partial charge in [0.2, 0.25) is 5.91 Å². The molecule has 0 aromatic heterocycles. The Balaban J connectivity index is 1.81. The molecule has 1 aliphatic rings. The van der Waals surface area contributed by atoms with Gasteiger partial charge in [0.05, 0.1) is 32.3 Å². The standard InChI is InChI=1S/C21H22N4O8/c1-21(12-5-8-16(32-3)17(9-12)33-4)19(27)24(20(28)23-21)11-18(26)22-14-7-6-13(31-2)10-15(14)25(29)30/h5-10H,11H2,1-4H3,(H,22,26)(H,23,28). The van der Waals surface area contributed by atoms with Crippen molar-refractivity contribution in [2.45, 2.75) is 12.5 Å². The number of nitrogens with zero attached hydrogens (tertiary/aromatic N) is 2. The van der Waals surface area contributed by atoms with Crippen LogP contribution < -0.4 is 24.8 Å². The van der Waals surface area contributed by atoms with Crippen LogP contribution in [0.4, 0.5) is 16.2 Å². The Kier molecular flexibility index (Phi) is 6.38. The van der Waals surface area contributed by atoms with Crippen LogP contribution >= 0.6 is 0 Å². The van der Waals surface area contributed by atoms with Crippen molar-refractivity contribution < 1.29 is 33.5 Å². The summed E-state index contributed by atoms with van der Waals surface area (Å²) in [6, 6.07) is 7.86. The van der Waals surface area contributed by atoms with Gasteiger partial charge in [0.15, 0.2) is 11.5 Å². The molecular weight excluding hydrogens is 436 g/mol. The molecule has 4 amide bonds.